The number of hydrogen-bond acceptors (Lipinski definition) is 11. The number of aryl methyl sites for hydroxylation is 1. The van der Waals surface area contributed by atoms with Crippen molar-refractivity contribution in [1.29, 1.82) is 0 Å². The van der Waals surface area contributed by atoms with Gasteiger partial charge in [-0.2, -0.15) is 9.97 Å². The molecular formula is C21H28N8O5S. The maximum atomic E-state index is 13.4. The standard InChI is InChI=1S/C21H28N8O5S/c1-12-9-23-15(10-22-12)13(2)14(3)35(30,31)28-21-27-26-18(16-7-6-8-34-16)29(21)17-19(32-4)24-11-25-20(17)33-5/h9-11,13-14,16H,6-8H2,1-5H3,(H,27,28)/t13-,14-,16-/m0/s1. The van der Waals surface area contributed by atoms with Crippen LogP contribution < -0.4 is 14.2 Å². The molecule has 14 heteroatoms. The number of methoxy groups -OCH3 is 2. The fraction of sp³-hybridized carbons (Fsp3) is 0.524. The highest BCUT2D eigenvalue weighted by Gasteiger charge is 2.34. The Hall–Kier alpha value is -3.39. The minimum atomic E-state index is -3.96. The lowest BCUT2D eigenvalue weighted by Gasteiger charge is -2.21. The zero-order valence-electron chi connectivity index (χ0n) is 20.2. The van der Waals surface area contributed by atoms with Crippen LogP contribution in [-0.2, 0) is 14.8 Å². The van der Waals surface area contributed by atoms with Gasteiger partial charge in [-0.3, -0.25) is 19.3 Å². The lowest BCUT2D eigenvalue weighted by atomic mass is 10.1. The Kier molecular flexibility index (Phi) is 7.12. The molecule has 188 valence electrons. The van der Waals surface area contributed by atoms with Crippen LogP contribution in [0.3, 0.4) is 0 Å². The lowest BCUT2D eigenvalue weighted by Crippen LogP contribution is -2.31. The van der Waals surface area contributed by atoms with Crippen molar-refractivity contribution in [1.82, 2.24) is 34.7 Å². The molecular weight excluding hydrogens is 476 g/mol. The van der Waals surface area contributed by atoms with Crippen LogP contribution in [-0.4, -0.2) is 69.2 Å². The Balaban J connectivity index is 1.76. The number of nitrogens with one attached hydrogen (secondary N) is 1. The fourth-order valence-corrected chi connectivity index (χ4v) is 5.03. The molecule has 1 N–H and O–H groups in total. The van der Waals surface area contributed by atoms with Gasteiger partial charge in [0.15, 0.2) is 11.5 Å². The van der Waals surface area contributed by atoms with Gasteiger partial charge in [0.25, 0.3) is 0 Å². The number of hydrogen-bond donors (Lipinski definition) is 1. The monoisotopic (exact) mass is 504 g/mol. The van der Waals surface area contributed by atoms with Crippen molar-refractivity contribution in [2.24, 2.45) is 0 Å². The van der Waals surface area contributed by atoms with Gasteiger partial charge in [-0.05, 0) is 26.7 Å². The van der Waals surface area contributed by atoms with Crippen molar-refractivity contribution in [3.63, 3.8) is 0 Å². The minimum absolute atomic E-state index is 0.0593. The van der Waals surface area contributed by atoms with E-state index in [4.69, 9.17) is 14.2 Å². The summed E-state index contributed by atoms with van der Waals surface area (Å²) in [5.41, 5.74) is 1.57. The Labute approximate surface area is 203 Å². The van der Waals surface area contributed by atoms with E-state index in [2.05, 4.69) is 34.9 Å². The maximum absolute atomic E-state index is 13.4. The minimum Gasteiger partial charge on any atom is -0.479 e. The largest absolute Gasteiger partial charge is 0.479 e. The zero-order valence-corrected chi connectivity index (χ0v) is 21.0. The van der Waals surface area contributed by atoms with E-state index in [0.29, 0.717) is 24.5 Å². The maximum Gasteiger partial charge on any atom is 0.245 e. The summed E-state index contributed by atoms with van der Waals surface area (Å²) in [4.78, 5) is 16.9. The van der Waals surface area contributed by atoms with Crippen molar-refractivity contribution in [2.75, 3.05) is 25.5 Å². The second kappa shape index (κ2) is 10.1. The van der Waals surface area contributed by atoms with Gasteiger partial charge in [0.05, 0.1) is 30.9 Å². The molecule has 1 saturated heterocycles. The predicted molar refractivity (Wildman–Crippen MR) is 125 cm³/mol. The van der Waals surface area contributed by atoms with Crippen LogP contribution in [0.25, 0.3) is 5.69 Å². The third-order valence-electron chi connectivity index (χ3n) is 5.97. The van der Waals surface area contributed by atoms with Crippen molar-refractivity contribution >= 4 is 16.0 Å². The predicted octanol–water partition coefficient (Wildman–Crippen LogP) is 1.96. The summed E-state index contributed by atoms with van der Waals surface area (Å²) in [5.74, 6) is 0.201. The average Bonchev–Trinajstić information content (AvgIpc) is 3.52. The van der Waals surface area contributed by atoms with Crippen molar-refractivity contribution < 1.29 is 22.6 Å². The van der Waals surface area contributed by atoms with E-state index in [0.717, 1.165) is 12.1 Å². The molecule has 3 aromatic rings. The lowest BCUT2D eigenvalue weighted by molar-refractivity contribution is 0.103. The first-order valence-electron chi connectivity index (χ1n) is 11.1. The van der Waals surface area contributed by atoms with Crippen LogP contribution in [0.1, 0.15) is 55.9 Å². The molecule has 0 aliphatic carbocycles. The molecule has 1 aliphatic heterocycles. The highest BCUT2D eigenvalue weighted by molar-refractivity contribution is 7.93. The fourth-order valence-electron chi connectivity index (χ4n) is 3.78. The highest BCUT2D eigenvalue weighted by Crippen LogP contribution is 2.37. The topological polar surface area (TPSA) is 156 Å². The van der Waals surface area contributed by atoms with Gasteiger partial charge in [-0.15, -0.1) is 10.2 Å². The first kappa shape index (κ1) is 24.7. The summed E-state index contributed by atoms with van der Waals surface area (Å²) in [5, 5.41) is 7.53. The van der Waals surface area contributed by atoms with Crippen LogP contribution in [0.2, 0.25) is 0 Å². The molecule has 0 radical (unpaired) electrons. The van der Waals surface area contributed by atoms with Crippen molar-refractivity contribution in [2.45, 2.75) is 50.9 Å². The molecule has 0 unspecified atom stereocenters. The summed E-state index contributed by atoms with van der Waals surface area (Å²) >= 11 is 0. The van der Waals surface area contributed by atoms with Crippen molar-refractivity contribution in [3.05, 3.63) is 35.9 Å². The van der Waals surface area contributed by atoms with E-state index < -0.39 is 27.3 Å². The molecule has 4 rings (SSSR count). The number of nitrogens with zero attached hydrogens (tertiary/aromatic N) is 7. The number of sulfonamides is 1. The Morgan fingerprint density at radius 2 is 1.80 bits per heavy atom. The van der Waals surface area contributed by atoms with Crippen LogP contribution in [0.5, 0.6) is 11.8 Å². The molecule has 3 aromatic heterocycles. The normalized spacial score (nSPS) is 17.7. The van der Waals surface area contributed by atoms with E-state index in [-0.39, 0.29) is 23.4 Å². The van der Waals surface area contributed by atoms with Gasteiger partial charge in [0.1, 0.15) is 12.4 Å². The van der Waals surface area contributed by atoms with Gasteiger partial charge in [-0.25, -0.2) is 8.42 Å². The highest BCUT2D eigenvalue weighted by atomic mass is 32.2. The van der Waals surface area contributed by atoms with Gasteiger partial charge in [0.2, 0.25) is 27.7 Å². The van der Waals surface area contributed by atoms with E-state index in [9.17, 15) is 8.42 Å². The molecule has 0 aromatic carbocycles. The molecule has 35 heavy (non-hydrogen) atoms. The molecule has 3 atom stereocenters. The van der Waals surface area contributed by atoms with Gasteiger partial charge in [0, 0.05) is 24.9 Å². The Bertz CT molecular complexity index is 1250. The third kappa shape index (κ3) is 4.89. The summed E-state index contributed by atoms with van der Waals surface area (Å²) < 4.78 is 47.6. The van der Waals surface area contributed by atoms with Crippen LogP contribution in [0, 0.1) is 6.92 Å². The van der Waals surface area contributed by atoms with Crippen LogP contribution >= 0.6 is 0 Å². The second-order valence-electron chi connectivity index (χ2n) is 8.18. The molecule has 4 heterocycles. The van der Waals surface area contributed by atoms with Gasteiger partial charge < -0.3 is 14.2 Å². The first-order chi connectivity index (χ1) is 16.8. The molecule has 1 aliphatic rings. The van der Waals surface area contributed by atoms with E-state index in [1.807, 2.05) is 6.92 Å². The molecule has 0 amide bonds. The zero-order chi connectivity index (χ0) is 25.2. The van der Waals surface area contributed by atoms with E-state index in [1.54, 1.807) is 26.2 Å². The van der Waals surface area contributed by atoms with Gasteiger partial charge in [-0.1, -0.05) is 6.92 Å². The number of anilines is 1. The summed E-state index contributed by atoms with van der Waals surface area (Å²) in [7, 11) is -1.07. The molecule has 0 bridgehead atoms. The molecule has 0 saturated carbocycles. The summed E-state index contributed by atoms with van der Waals surface area (Å²) in [6.45, 7) is 5.76. The Morgan fingerprint density at radius 3 is 2.37 bits per heavy atom. The summed E-state index contributed by atoms with van der Waals surface area (Å²) in [6.07, 6.45) is 5.62. The van der Waals surface area contributed by atoms with E-state index >= 15 is 0 Å². The molecule has 1 fully saturated rings. The van der Waals surface area contributed by atoms with Crippen LogP contribution in [0.4, 0.5) is 5.95 Å². The number of aromatic nitrogens is 7. The second-order valence-corrected chi connectivity index (χ2v) is 10.2. The number of rotatable bonds is 9. The first-order valence-corrected chi connectivity index (χ1v) is 12.6. The quantitative estimate of drug-likeness (QED) is 0.454. The molecule has 13 nitrogen and oxygen atoms in total. The molecule has 0 spiro atoms. The summed E-state index contributed by atoms with van der Waals surface area (Å²) in [6, 6.07) is 0. The smallest absolute Gasteiger partial charge is 0.245 e. The average molecular weight is 505 g/mol. The Morgan fingerprint density at radius 1 is 1.09 bits per heavy atom. The number of ether oxygens (including phenoxy) is 3. The van der Waals surface area contributed by atoms with Gasteiger partial charge >= 0.3 is 0 Å². The van der Waals surface area contributed by atoms with E-state index in [1.165, 1.54) is 25.1 Å². The van der Waals surface area contributed by atoms with Crippen molar-refractivity contribution in [3.8, 4) is 17.4 Å². The SMILES string of the molecule is COc1ncnc(OC)c1-n1c(NS(=O)(=O)[C@@H](C)[C@H](C)c2cnc(C)cn2)nnc1[C@@H]1CCCO1. The van der Waals surface area contributed by atoms with Crippen LogP contribution in [0.15, 0.2) is 18.7 Å². The third-order valence-corrected chi connectivity index (χ3v) is 7.82.